The normalized spacial score (nSPS) is 21.9. The molecule has 0 spiro atoms. The number of thioether (sulfide) groups is 1. The van der Waals surface area contributed by atoms with Crippen LogP contribution in [0.25, 0.3) is 0 Å². The van der Waals surface area contributed by atoms with Crippen molar-refractivity contribution in [2.45, 2.75) is 5.25 Å². The SMILES string of the molecule is NC(=O)CSC1CN(S(=O)(=O)O)C1=O. The molecule has 1 aliphatic rings. The molecule has 2 amide bonds. The number of nitrogens with two attached hydrogens (primary N) is 1. The Balaban J connectivity index is 2.45. The molecule has 0 radical (unpaired) electrons. The fraction of sp³-hybridized carbons (Fsp3) is 0.600. The topological polar surface area (TPSA) is 118 Å². The van der Waals surface area contributed by atoms with Gasteiger partial charge in [-0.3, -0.25) is 14.1 Å². The standard InChI is InChI=1S/C5H8N2O5S2/c6-4(8)2-13-3-1-7(5(3)9)14(10,11)12/h3H,1-2H2,(H2,6,8)(H,10,11,12). The van der Waals surface area contributed by atoms with Gasteiger partial charge in [0.1, 0.15) is 5.25 Å². The Morgan fingerprint density at radius 2 is 2.29 bits per heavy atom. The van der Waals surface area contributed by atoms with Crippen molar-refractivity contribution in [1.29, 1.82) is 0 Å². The molecule has 1 saturated heterocycles. The molecular formula is C5H8N2O5S2. The van der Waals surface area contributed by atoms with Gasteiger partial charge in [0.05, 0.1) is 12.3 Å². The van der Waals surface area contributed by atoms with Gasteiger partial charge in [0.15, 0.2) is 0 Å². The zero-order valence-corrected chi connectivity index (χ0v) is 8.55. The molecule has 7 nitrogen and oxygen atoms in total. The molecule has 1 fully saturated rings. The number of hydrogen-bond acceptors (Lipinski definition) is 5. The van der Waals surface area contributed by atoms with E-state index in [0.717, 1.165) is 11.8 Å². The Labute approximate surface area is 84.5 Å². The maximum absolute atomic E-state index is 11.0. The molecule has 0 aromatic heterocycles. The summed E-state index contributed by atoms with van der Waals surface area (Å²) in [5.41, 5.74) is 4.83. The molecule has 0 aromatic carbocycles. The first-order chi connectivity index (χ1) is 6.32. The molecule has 0 aliphatic carbocycles. The van der Waals surface area contributed by atoms with E-state index >= 15 is 0 Å². The number of hydrogen-bond donors (Lipinski definition) is 2. The van der Waals surface area contributed by atoms with Crippen molar-refractivity contribution in [3.05, 3.63) is 0 Å². The van der Waals surface area contributed by atoms with Crippen LogP contribution in [0.1, 0.15) is 0 Å². The van der Waals surface area contributed by atoms with Crippen LogP contribution in [0.5, 0.6) is 0 Å². The lowest BCUT2D eigenvalue weighted by molar-refractivity contribution is -0.132. The van der Waals surface area contributed by atoms with Gasteiger partial charge in [0.2, 0.25) is 5.91 Å². The van der Waals surface area contributed by atoms with E-state index in [9.17, 15) is 18.0 Å². The summed E-state index contributed by atoms with van der Waals surface area (Å²) < 4.78 is 29.8. The minimum atomic E-state index is -4.43. The molecule has 1 unspecified atom stereocenters. The van der Waals surface area contributed by atoms with Gasteiger partial charge >= 0.3 is 10.3 Å². The Morgan fingerprint density at radius 1 is 1.71 bits per heavy atom. The number of carbonyl (C=O) groups is 2. The number of carbonyl (C=O) groups excluding carboxylic acids is 2. The van der Waals surface area contributed by atoms with E-state index in [2.05, 4.69) is 0 Å². The summed E-state index contributed by atoms with van der Waals surface area (Å²) in [4.78, 5) is 21.4. The Hall–Kier alpha value is -0.800. The lowest BCUT2D eigenvalue weighted by Gasteiger charge is -2.34. The molecule has 0 aromatic rings. The summed E-state index contributed by atoms with van der Waals surface area (Å²) in [6, 6.07) is 0. The van der Waals surface area contributed by atoms with Crippen molar-refractivity contribution >= 4 is 33.9 Å². The van der Waals surface area contributed by atoms with Crippen LogP contribution in [0, 0.1) is 0 Å². The van der Waals surface area contributed by atoms with Crippen LogP contribution in [0.15, 0.2) is 0 Å². The van der Waals surface area contributed by atoms with E-state index in [-0.39, 0.29) is 12.3 Å². The molecule has 1 heterocycles. The van der Waals surface area contributed by atoms with Crippen molar-refractivity contribution in [2.24, 2.45) is 5.73 Å². The number of rotatable bonds is 4. The molecule has 80 valence electrons. The zero-order chi connectivity index (χ0) is 10.9. The number of nitrogens with zero attached hydrogens (tertiary/aromatic N) is 1. The first kappa shape index (κ1) is 11.3. The van der Waals surface area contributed by atoms with Gasteiger partial charge in [-0.05, 0) is 0 Å². The smallest absolute Gasteiger partial charge is 0.362 e. The van der Waals surface area contributed by atoms with Gasteiger partial charge in [-0.1, -0.05) is 0 Å². The van der Waals surface area contributed by atoms with Crippen molar-refractivity contribution in [3.8, 4) is 0 Å². The Kier molecular flexibility index (Phi) is 3.02. The van der Waals surface area contributed by atoms with Gasteiger partial charge in [0.25, 0.3) is 5.91 Å². The molecule has 9 heteroatoms. The minimum Gasteiger partial charge on any atom is -0.369 e. The highest BCUT2D eigenvalue weighted by Gasteiger charge is 2.43. The summed E-state index contributed by atoms with van der Waals surface area (Å²) >= 11 is 0.958. The van der Waals surface area contributed by atoms with Crippen molar-refractivity contribution < 1.29 is 22.6 Å². The summed E-state index contributed by atoms with van der Waals surface area (Å²) in [5.74, 6) is -1.35. The monoisotopic (exact) mass is 240 g/mol. The van der Waals surface area contributed by atoms with E-state index in [1.165, 1.54) is 0 Å². The Bertz CT molecular complexity index is 364. The van der Waals surface area contributed by atoms with E-state index in [4.69, 9.17) is 10.3 Å². The lowest BCUT2D eigenvalue weighted by atomic mass is 10.3. The van der Waals surface area contributed by atoms with Crippen LogP contribution < -0.4 is 5.73 Å². The summed E-state index contributed by atoms with van der Waals surface area (Å²) in [6.45, 7) is -0.115. The molecule has 3 N–H and O–H groups in total. The second-order valence-corrected chi connectivity index (χ2v) is 5.14. The number of amides is 2. The maximum atomic E-state index is 11.0. The molecule has 1 atom stereocenters. The zero-order valence-electron chi connectivity index (χ0n) is 6.91. The maximum Gasteiger partial charge on any atom is 0.362 e. The van der Waals surface area contributed by atoms with E-state index in [0.29, 0.717) is 4.31 Å². The second kappa shape index (κ2) is 3.75. The first-order valence-electron chi connectivity index (χ1n) is 3.51. The fourth-order valence-electron chi connectivity index (χ4n) is 0.881. The van der Waals surface area contributed by atoms with E-state index in [1.807, 2.05) is 0 Å². The van der Waals surface area contributed by atoms with Crippen molar-refractivity contribution in [1.82, 2.24) is 4.31 Å². The highest BCUT2D eigenvalue weighted by atomic mass is 32.2. The first-order valence-corrected chi connectivity index (χ1v) is 5.96. The van der Waals surface area contributed by atoms with Crippen molar-refractivity contribution in [2.75, 3.05) is 12.3 Å². The van der Waals surface area contributed by atoms with Gasteiger partial charge in [-0.15, -0.1) is 11.8 Å². The number of β-lactam (4-membered cyclic amide) rings is 1. The molecular weight excluding hydrogens is 232 g/mol. The van der Waals surface area contributed by atoms with Crippen LogP contribution >= 0.6 is 11.8 Å². The van der Waals surface area contributed by atoms with Crippen LogP contribution in [-0.2, 0) is 19.9 Å². The minimum absolute atomic E-state index is 0.0459. The Morgan fingerprint density at radius 3 is 2.64 bits per heavy atom. The third kappa shape index (κ3) is 2.36. The highest BCUT2D eigenvalue weighted by molar-refractivity contribution is 8.01. The van der Waals surface area contributed by atoms with Crippen LogP contribution in [0.2, 0.25) is 0 Å². The highest BCUT2D eigenvalue weighted by Crippen LogP contribution is 2.25. The predicted molar refractivity (Wildman–Crippen MR) is 48.7 cm³/mol. The van der Waals surface area contributed by atoms with E-state index < -0.39 is 27.4 Å². The third-order valence-corrected chi connectivity index (χ3v) is 3.65. The van der Waals surface area contributed by atoms with Gasteiger partial charge in [-0.2, -0.15) is 8.42 Å². The molecule has 1 rings (SSSR count). The molecule has 0 bridgehead atoms. The lowest BCUT2D eigenvalue weighted by Crippen LogP contribution is -2.57. The third-order valence-electron chi connectivity index (χ3n) is 1.56. The second-order valence-electron chi connectivity index (χ2n) is 2.61. The van der Waals surface area contributed by atoms with Crippen LogP contribution in [0.3, 0.4) is 0 Å². The summed E-state index contributed by atoms with van der Waals surface area (Å²) in [7, 11) is -4.43. The quantitative estimate of drug-likeness (QED) is 0.443. The average Bonchev–Trinajstić information content (AvgIpc) is 1.98. The molecule has 1 aliphatic heterocycles. The fourth-order valence-corrected chi connectivity index (χ4v) is 2.62. The van der Waals surface area contributed by atoms with Crippen LogP contribution in [0.4, 0.5) is 0 Å². The number of primary amides is 1. The van der Waals surface area contributed by atoms with Gasteiger partial charge in [-0.25, -0.2) is 4.31 Å². The summed E-state index contributed by atoms with van der Waals surface area (Å²) in [5, 5.41) is -0.607. The van der Waals surface area contributed by atoms with E-state index in [1.54, 1.807) is 0 Å². The summed E-state index contributed by atoms with van der Waals surface area (Å²) in [6.07, 6.45) is 0. The molecule has 14 heavy (non-hydrogen) atoms. The van der Waals surface area contributed by atoms with Gasteiger partial charge in [0, 0.05) is 0 Å². The van der Waals surface area contributed by atoms with Crippen molar-refractivity contribution in [3.63, 3.8) is 0 Å². The van der Waals surface area contributed by atoms with Gasteiger partial charge < -0.3 is 5.73 Å². The predicted octanol–water partition coefficient (Wildman–Crippen LogP) is -1.78. The average molecular weight is 240 g/mol. The molecule has 0 saturated carbocycles. The van der Waals surface area contributed by atoms with Crippen LogP contribution in [-0.4, -0.2) is 46.6 Å². The largest absolute Gasteiger partial charge is 0.369 e.